The van der Waals surface area contributed by atoms with Crippen molar-refractivity contribution in [1.82, 2.24) is 15.4 Å². The Balaban J connectivity index is 1.69. The number of fused-ring (bicyclic) bond motifs is 1. The van der Waals surface area contributed by atoms with E-state index in [-0.39, 0.29) is 31.8 Å². The first-order valence-electron chi connectivity index (χ1n) is 10.2. The van der Waals surface area contributed by atoms with Gasteiger partial charge in [-0.2, -0.15) is 5.06 Å². The summed E-state index contributed by atoms with van der Waals surface area (Å²) in [6, 6.07) is 6.51. The van der Waals surface area contributed by atoms with Crippen molar-refractivity contribution in [3.05, 3.63) is 41.3 Å². The van der Waals surface area contributed by atoms with Gasteiger partial charge >= 0.3 is 12.0 Å². The Bertz CT molecular complexity index is 975. The van der Waals surface area contributed by atoms with E-state index in [1.54, 1.807) is 31.2 Å². The van der Waals surface area contributed by atoms with E-state index in [2.05, 4.69) is 10.5 Å². The van der Waals surface area contributed by atoms with Crippen molar-refractivity contribution in [2.45, 2.75) is 26.3 Å². The van der Waals surface area contributed by atoms with E-state index in [0.29, 0.717) is 35.7 Å². The molecule has 32 heavy (non-hydrogen) atoms. The van der Waals surface area contributed by atoms with Crippen LogP contribution in [0.4, 0.5) is 10.5 Å². The van der Waals surface area contributed by atoms with E-state index in [9.17, 15) is 14.4 Å². The molecule has 172 valence electrons. The van der Waals surface area contributed by atoms with E-state index in [4.69, 9.17) is 18.8 Å². The van der Waals surface area contributed by atoms with E-state index in [1.807, 2.05) is 0 Å². The lowest BCUT2D eigenvalue weighted by atomic mass is 10.1. The summed E-state index contributed by atoms with van der Waals surface area (Å²) in [4.78, 5) is 44.0. The first-order valence-corrected chi connectivity index (χ1v) is 10.2. The topological polar surface area (TPSA) is 123 Å². The van der Waals surface area contributed by atoms with Crippen LogP contribution in [0.25, 0.3) is 0 Å². The molecule has 0 spiro atoms. The van der Waals surface area contributed by atoms with Gasteiger partial charge < -0.3 is 24.2 Å². The molecule has 0 atom stereocenters. The van der Waals surface area contributed by atoms with Crippen molar-refractivity contribution >= 4 is 23.6 Å². The van der Waals surface area contributed by atoms with Gasteiger partial charge in [0.15, 0.2) is 5.69 Å². The number of hydroxylamine groups is 1. The predicted molar refractivity (Wildman–Crippen MR) is 112 cm³/mol. The fourth-order valence-electron chi connectivity index (χ4n) is 3.30. The lowest BCUT2D eigenvalue weighted by Gasteiger charge is -2.31. The second-order valence-corrected chi connectivity index (χ2v) is 6.88. The number of urea groups is 1. The number of methoxy groups -OCH3 is 1. The molecule has 0 bridgehead atoms. The number of hydrogen-bond acceptors (Lipinski definition) is 8. The number of aromatic nitrogens is 1. The summed E-state index contributed by atoms with van der Waals surface area (Å²) in [5.41, 5.74) is 1.12. The Labute approximate surface area is 185 Å². The standard InChI is InChI=1S/C21H26N4O7/c1-4-31-18(26)8-10-22-20(27)19-16-13-24(11-9-17(16)32-23-19)21(28)25(30-3)14-6-5-7-15(12-14)29-2/h5-7,12H,4,8-11,13H2,1-3H3,(H,22,27). The van der Waals surface area contributed by atoms with Gasteiger partial charge in [0.1, 0.15) is 11.5 Å². The maximum Gasteiger partial charge on any atom is 0.349 e. The molecule has 3 amide bonds. The maximum atomic E-state index is 13.1. The van der Waals surface area contributed by atoms with Crippen LogP contribution in [0.2, 0.25) is 0 Å². The number of benzene rings is 1. The van der Waals surface area contributed by atoms with Gasteiger partial charge in [-0.15, -0.1) is 0 Å². The zero-order chi connectivity index (χ0) is 23.1. The molecule has 0 radical (unpaired) electrons. The Morgan fingerprint density at radius 2 is 2.09 bits per heavy atom. The highest BCUT2D eigenvalue weighted by Crippen LogP contribution is 2.26. The number of rotatable bonds is 8. The molecule has 1 aromatic carbocycles. The molecule has 11 nitrogen and oxygen atoms in total. The van der Waals surface area contributed by atoms with Crippen LogP contribution in [0.5, 0.6) is 5.75 Å². The number of carbonyl (C=O) groups excluding carboxylic acids is 3. The van der Waals surface area contributed by atoms with Crippen LogP contribution < -0.4 is 15.1 Å². The molecule has 0 aliphatic carbocycles. The highest BCUT2D eigenvalue weighted by Gasteiger charge is 2.32. The normalized spacial score (nSPS) is 12.7. The van der Waals surface area contributed by atoms with Crippen LogP contribution in [0, 0.1) is 0 Å². The monoisotopic (exact) mass is 446 g/mol. The predicted octanol–water partition coefficient (Wildman–Crippen LogP) is 1.91. The van der Waals surface area contributed by atoms with Gasteiger partial charge in [-0.3, -0.25) is 14.4 Å². The van der Waals surface area contributed by atoms with Gasteiger partial charge in [0.05, 0.1) is 39.5 Å². The van der Waals surface area contributed by atoms with Crippen LogP contribution in [0.15, 0.2) is 28.8 Å². The minimum atomic E-state index is -0.481. The van der Waals surface area contributed by atoms with Crippen molar-refractivity contribution in [2.75, 3.05) is 39.0 Å². The number of hydrogen-bond donors (Lipinski definition) is 1. The molecule has 0 saturated heterocycles. The number of nitrogens with one attached hydrogen (secondary N) is 1. The van der Waals surface area contributed by atoms with Crippen LogP contribution >= 0.6 is 0 Å². The Morgan fingerprint density at radius 3 is 2.81 bits per heavy atom. The van der Waals surface area contributed by atoms with E-state index >= 15 is 0 Å². The zero-order valence-electron chi connectivity index (χ0n) is 18.3. The Morgan fingerprint density at radius 1 is 1.28 bits per heavy atom. The van der Waals surface area contributed by atoms with Crippen molar-refractivity contribution in [3.8, 4) is 5.75 Å². The number of carbonyl (C=O) groups is 3. The quantitative estimate of drug-likeness (QED) is 0.482. The molecule has 0 fully saturated rings. The average Bonchev–Trinajstić information content (AvgIpc) is 3.23. The maximum absolute atomic E-state index is 13.1. The highest BCUT2D eigenvalue weighted by atomic mass is 16.7. The molecule has 1 aromatic heterocycles. The number of nitrogens with zero attached hydrogens (tertiary/aromatic N) is 3. The summed E-state index contributed by atoms with van der Waals surface area (Å²) >= 11 is 0. The number of amides is 3. The van der Waals surface area contributed by atoms with E-state index in [1.165, 1.54) is 19.1 Å². The molecule has 1 N–H and O–H groups in total. The molecule has 3 rings (SSSR count). The molecule has 0 unspecified atom stereocenters. The van der Waals surface area contributed by atoms with Crippen molar-refractivity contribution < 1.29 is 33.2 Å². The third-order valence-electron chi connectivity index (χ3n) is 4.88. The van der Waals surface area contributed by atoms with Crippen LogP contribution in [-0.4, -0.2) is 61.9 Å². The van der Waals surface area contributed by atoms with Crippen molar-refractivity contribution in [2.24, 2.45) is 0 Å². The summed E-state index contributed by atoms with van der Waals surface area (Å²) in [7, 11) is 2.93. The number of esters is 1. The third-order valence-corrected chi connectivity index (χ3v) is 4.88. The second-order valence-electron chi connectivity index (χ2n) is 6.88. The molecule has 1 aliphatic rings. The number of ether oxygens (including phenoxy) is 2. The minimum absolute atomic E-state index is 0.0492. The summed E-state index contributed by atoms with van der Waals surface area (Å²) < 4.78 is 15.4. The van der Waals surface area contributed by atoms with Crippen molar-refractivity contribution in [1.29, 1.82) is 0 Å². The second kappa shape index (κ2) is 10.6. The summed E-state index contributed by atoms with van der Waals surface area (Å²) in [5, 5.41) is 7.65. The smallest absolute Gasteiger partial charge is 0.349 e. The Kier molecular flexibility index (Phi) is 7.66. The number of anilines is 1. The molecular formula is C21H26N4O7. The van der Waals surface area contributed by atoms with Crippen LogP contribution in [-0.2, 0) is 27.3 Å². The molecule has 0 saturated carbocycles. The average molecular weight is 446 g/mol. The molecule has 11 heteroatoms. The van der Waals surface area contributed by atoms with Gasteiger partial charge in [0.2, 0.25) is 0 Å². The first-order chi connectivity index (χ1) is 15.5. The fraction of sp³-hybridized carbons (Fsp3) is 0.429. The highest BCUT2D eigenvalue weighted by molar-refractivity contribution is 5.95. The minimum Gasteiger partial charge on any atom is -0.497 e. The molecular weight excluding hydrogens is 420 g/mol. The van der Waals surface area contributed by atoms with Crippen LogP contribution in [0.1, 0.15) is 35.2 Å². The van der Waals surface area contributed by atoms with Crippen LogP contribution in [0.3, 0.4) is 0 Å². The van der Waals surface area contributed by atoms with Gasteiger partial charge in [0, 0.05) is 31.1 Å². The van der Waals surface area contributed by atoms with Gasteiger partial charge in [-0.05, 0) is 19.1 Å². The molecule has 2 heterocycles. The summed E-state index contributed by atoms with van der Waals surface area (Å²) in [6.45, 7) is 2.60. The van der Waals surface area contributed by atoms with Gasteiger partial charge in [0.25, 0.3) is 5.91 Å². The third kappa shape index (κ3) is 5.17. The Hall–Kier alpha value is -3.60. The van der Waals surface area contributed by atoms with E-state index < -0.39 is 17.9 Å². The van der Waals surface area contributed by atoms with Crippen molar-refractivity contribution in [3.63, 3.8) is 0 Å². The summed E-state index contributed by atoms with van der Waals surface area (Å²) in [5.74, 6) is 0.253. The molecule has 2 aromatic rings. The lowest BCUT2D eigenvalue weighted by molar-refractivity contribution is -0.142. The fourth-order valence-corrected chi connectivity index (χ4v) is 3.30. The largest absolute Gasteiger partial charge is 0.497 e. The lowest BCUT2D eigenvalue weighted by Crippen LogP contribution is -2.45. The summed E-state index contributed by atoms with van der Waals surface area (Å²) in [6.07, 6.45) is 0.452. The first kappa shape index (κ1) is 23.1. The van der Waals surface area contributed by atoms with Gasteiger partial charge in [-0.25, -0.2) is 4.79 Å². The molecule has 1 aliphatic heterocycles. The van der Waals surface area contributed by atoms with E-state index in [0.717, 1.165) is 5.06 Å². The SMILES string of the molecule is CCOC(=O)CCNC(=O)c1noc2c1CN(C(=O)N(OC)c1cccc(OC)c1)CC2. The van der Waals surface area contributed by atoms with Gasteiger partial charge in [-0.1, -0.05) is 11.2 Å². The zero-order valence-corrected chi connectivity index (χ0v) is 18.3.